The smallest absolute Gasteiger partial charge is 0.249 e. The highest BCUT2D eigenvalue weighted by molar-refractivity contribution is 6.30. The lowest BCUT2D eigenvalue weighted by molar-refractivity contribution is -0.116. The van der Waals surface area contributed by atoms with Crippen molar-refractivity contribution in [2.24, 2.45) is 20.0 Å². The van der Waals surface area contributed by atoms with Crippen LogP contribution in [0.2, 0.25) is 0 Å². The third kappa shape index (κ3) is 4.44. The van der Waals surface area contributed by atoms with E-state index in [1.807, 2.05) is 12.2 Å². The predicted octanol–water partition coefficient (Wildman–Crippen LogP) is 1.17. The van der Waals surface area contributed by atoms with Crippen LogP contribution in [0.15, 0.2) is 75.2 Å². The number of allylic oxidation sites excluding steroid dienone is 5. The quantitative estimate of drug-likeness (QED) is 0.715. The Bertz CT molecular complexity index is 993. The summed E-state index contributed by atoms with van der Waals surface area (Å²) >= 11 is 0. The monoisotopic (exact) mass is 330 g/mol. The first-order valence-corrected chi connectivity index (χ1v) is 7.55. The molecule has 2 aliphatic heterocycles. The number of aliphatic imine (C=N–C) groups is 3. The Balaban J connectivity index is 2.03. The summed E-state index contributed by atoms with van der Waals surface area (Å²) in [5.74, 6) is 0.338. The van der Waals surface area contributed by atoms with Gasteiger partial charge in [-0.3, -0.25) is 9.79 Å². The summed E-state index contributed by atoms with van der Waals surface area (Å²) in [6, 6.07) is 0. The Labute approximate surface area is 143 Å². The van der Waals surface area contributed by atoms with Crippen molar-refractivity contribution in [1.82, 2.24) is 9.97 Å². The largest absolute Gasteiger partial charge is 0.272 e. The van der Waals surface area contributed by atoms with E-state index < -0.39 is 0 Å². The first-order valence-electron chi connectivity index (χ1n) is 7.55. The molecule has 0 spiro atoms. The average Bonchev–Trinajstić information content (AvgIpc) is 3.03. The Morgan fingerprint density at radius 2 is 1.80 bits per heavy atom. The fraction of sp³-hybridized carbons (Fsp3) is 0.0556. The number of aromatic nitrogens is 2. The van der Waals surface area contributed by atoms with E-state index in [9.17, 15) is 4.79 Å². The van der Waals surface area contributed by atoms with Crippen LogP contribution in [0.25, 0.3) is 5.57 Å². The second-order valence-electron chi connectivity index (χ2n) is 4.89. The van der Waals surface area contributed by atoms with E-state index >= 15 is 0 Å². The van der Waals surface area contributed by atoms with E-state index in [-0.39, 0.29) is 12.3 Å². The molecule has 0 saturated heterocycles. The molecule has 0 unspecified atom stereocenters. The van der Waals surface area contributed by atoms with Gasteiger partial charge in [0.25, 0.3) is 0 Å². The number of rotatable bonds is 0. The topological polar surface area (TPSA) is 92.3 Å². The molecular formula is C18H14N6O. The minimum absolute atomic E-state index is 0.224. The predicted molar refractivity (Wildman–Crippen MR) is 97.5 cm³/mol. The van der Waals surface area contributed by atoms with Crippen LogP contribution in [-0.2, 0) is 4.79 Å². The normalized spacial score (nSPS) is 21.8. The van der Waals surface area contributed by atoms with Crippen molar-refractivity contribution in [3.8, 4) is 0 Å². The van der Waals surface area contributed by atoms with Gasteiger partial charge in [-0.05, 0) is 12.2 Å². The zero-order valence-corrected chi connectivity index (χ0v) is 13.2. The lowest BCUT2D eigenvalue weighted by Gasteiger charge is -1.90. The molecule has 0 radical (unpaired) electrons. The molecule has 7 heteroatoms. The molecule has 3 heterocycles. The standard InChI is InChI=1S/C18H14N6O/c25-15-7-4-2-1-3-5-9-21-17-16-14(11-19-8-6-10-20-15)12-22-18(16)24-13-23-17/h1-6,8-13H,7H2/b3-1-,4-2-,8-6-,9-5-,19-11?,20-10?,21-17?. The van der Waals surface area contributed by atoms with Gasteiger partial charge < -0.3 is 0 Å². The number of hydrogen-bond acceptors (Lipinski definition) is 6. The molecule has 1 aromatic rings. The van der Waals surface area contributed by atoms with Crippen LogP contribution in [0.3, 0.4) is 0 Å². The molecule has 0 aromatic carbocycles. The summed E-state index contributed by atoms with van der Waals surface area (Å²) in [5, 5.41) is 0.734. The molecule has 0 fully saturated rings. The lowest BCUT2D eigenvalue weighted by Crippen LogP contribution is -2.30. The van der Waals surface area contributed by atoms with Gasteiger partial charge in [0.05, 0.1) is 5.22 Å². The summed E-state index contributed by atoms with van der Waals surface area (Å²) in [6.07, 6.45) is 20.1. The maximum absolute atomic E-state index is 11.5. The molecule has 0 atom stereocenters. The molecule has 0 aliphatic carbocycles. The van der Waals surface area contributed by atoms with E-state index in [0.717, 1.165) is 10.8 Å². The number of carbonyl (C=O) groups is 1. The summed E-state index contributed by atoms with van der Waals surface area (Å²) in [7, 11) is 0. The maximum Gasteiger partial charge on any atom is 0.249 e. The molecule has 1 aromatic heterocycles. The highest BCUT2D eigenvalue weighted by atomic mass is 16.1. The summed E-state index contributed by atoms with van der Waals surface area (Å²) in [5.41, 5.74) is 1.29. The molecule has 0 bridgehead atoms. The number of amides is 1. The van der Waals surface area contributed by atoms with Gasteiger partial charge in [0.1, 0.15) is 6.33 Å². The first kappa shape index (κ1) is 16.3. The second-order valence-corrected chi connectivity index (χ2v) is 4.89. The highest BCUT2D eigenvalue weighted by Crippen LogP contribution is 2.04. The van der Waals surface area contributed by atoms with Crippen molar-refractivity contribution in [2.45, 2.75) is 6.42 Å². The minimum Gasteiger partial charge on any atom is -0.272 e. The van der Waals surface area contributed by atoms with Crippen LogP contribution >= 0.6 is 0 Å². The molecule has 122 valence electrons. The number of carbonyl (C=O) groups excluding carboxylic acids is 1. The Morgan fingerprint density at radius 3 is 2.76 bits per heavy atom. The van der Waals surface area contributed by atoms with Gasteiger partial charge in [0.15, 0.2) is 11.3 Å². The molecule has 3 rings (SSSR count). The van der Waals surface area contributed by atoms with Gasteiger partial charge in [-0.2, -0.15) is 0 Å². The third-order valence-electron chi connectivity index (χ3n) is 3.16. The van der Waals surface area contributed by atoms with Crippen molar-refractivity contribution in [3.05, 3.63) is 65.9 Å². The van der Waals surface area contributed by atoms with Gasteiger partial charge in [0, 0.05) is 43.0 Å². The fourth-order valence-corrected chi connectivity index (χ4v) is 2.04. The van der Waals surface area contributed by atoms with Gasteiger partial charge in [-0.1, -0.05) is 24.3 Å². The van der Waals surface area contributed by atoms with Crippen LogP contribution in [0.1, 0.15) is 6.42 Å². The van der Waals surface area contributed by atoms with Crippen molar-refractivity contribution in [1.29, 1.82) is 0 Å². The summed E-state index contributed by atoms with van der Waals surface area (Å²) in [4.78, 5) is 36.4. The van der Waals surface area contributed by atoms with Crippen molar-refractivity contribution >= 4 is 35.9 Å². The fourth-order valence-electron chi connectivity index (χ4n) is 2.04. The van der Waals surface area contributed by atoms with Crippen molar-refractivity contribution in [2.75, 3.05) is 0 Å². The first-order chi connectivity index (χ1) is 12.3. The number of nitrogens with zero attached hydrogens (tertiary/aromatic N) is 6. The Kier molecular flexibility index (Phi) is 5.40. The van der Waals surface area contributed by atoms with Gasteiger partial charge in [0.2, 0.25) is 5.91 Å². The van der Waals surface area contributed by atoms with Crippen molar-refractivity contribution in [3.63, 3.8) is 0 Å². The highest BCUT2D eigenvalue weighted by Gasteiger charge is 2.08. The van der Waals surface area contributed by atoms with Crippen LogP contribution in [-0.4, -0.2) is 34.5 Å². The Morgan fingerprint density at radius 1 is 0.880 bits per heavy atom. The molecule has 1 amide bonds. The zero-order valence-electron chi connectivity index (χ0n) is 13.2. The maximum atomic E-state index is 11.5. The summed E-state index contributed by atoms with van der Waals surface area (Å²) in [6.45, 7) is 0. The van der Waals surface area contributed by atoms with E-state index in [1.165, 1.54) is 18.7 Å². The molecule has 2 aliphatic rings. The van der Waals surface area contributed by atoms with Crippen LogP contribution in [0.4, 0.5) is 5.82 Å². The van der Waals surface area contributed by atoms with Crippen LogP contribution in [0, 0.1) is 0 Å². The molecule has 0 saturated carbocycles. The Hall–Kier alpha value is -3.61. The van der Waals surface area contributed by atoms with E-state index in [0.29, 0.717) is 11.3 Å². The summed E-state index contributed by atoms with van der Waals surface area (Å²) < 4.78 is 0. The average molecular weight is 330 g/mol. The SMILES string of the molecule is O=C1C\C=C/C=C\C=C/N=c2ncnc3c2=C(C=N/C=C\C=N1)C=N3. The lowest BCUT2D eigenvalue weighted by atomic mass is 10.2. The van der Waals surface area contributed by atoms with Crippen LogP contribution < -0.4 is 10.7 Å². The van der Waals surface area contributed by atoms with E-state index in [4.69, 9.17) is 0 Å². The van der Waals surface area contributed by atoms with E-state index in [2.05, 4.69) is 29.9 Å². The zero-order chi connectivity index (χ0) is 17.3. The molecule has 25 heavy (non-hydrogen) atoms. The van der Waals surface area contributed by atoms with Gasteiger partial charge >= 0.3 is 0 Å². The van der Waals surface area contributed by atoms with Gasteiger partial charge in [-0.15, -0.1) is 0 Å². The molecule has 0 N–H and O–H groups in total. The van der Waals surface area contributed by atoms with Crippen molar-refractivity contribution < 1.29 is 4.79 Å². The number of hydrogen-bond donors (Lipinski definition) is 0. The third-order valence-corrected chi connectivity index (χ3v) is 3.16. The molecular weight excluding hydrogens is 316 g/mol. The second kappa shape index (κ2) is 8.30. The minimum atomic E-state index is -0.224. The molecule has 7 nitrogen and oxygen atoms in total. The van der Waals surface area contributed by atoms with Gasteiger partial charge in [-0.25, -0.2) is 24.9 Å². The van der Waals surface area contributed by atoms with E-state index in [1.54, 1.807) is 42.9 Å². The van der Waals surface area contributed by atoms with Crippen LogP contribution in [0.5, 0.6) is 0 Å².